The van der Waals surface area contributed by atoms with Gasteiger partial charge in [0, 0.05) is 13.0 Å². The fraction of sp³-hybridized carbons (Fsp3) is 0.235. The van der Waals surface area contributed by atoms with Crippen LogP contribution >= 0.6 is 35.3 Å². The molecule has 3 rings (SSSR count). The molecule has 1 saturated heterocycles. The van der Waals surface area contributed by atoms with Crippen LogP contribution in [0.3, 0.4) is 0 Å². The minimum absolute atomic E-state index is 0.142. The summed E-state index contributed by atoms with van der Waals surface area (Å²) >= 11 is 7.85. The standard InChI is InChI=1S/C17H16N4O2S3/c1-10-3-5-12(6-4-10)9-13-15(23)21(17(24)26-13)8-7-14(22)18-16-20-19-11(2)25-16/h3-6,9H,7-8H2,1-2H3,(H,18,20,22)/b13-9-. The maximum Gasteiger partial charge on any atom is 0.266 e. The summed E-state index contributed by atoms with van der Waals surface area (Å²) in [6.45, 7) is 4.06. The van der Waals surface area contributed by atoms with Crippen molar-refractivity contribution >= 4 is 62.7 Å². The number of hydrogen-bond donors (Lipinski definition) is 1. The number of nitrogens with one attached hydrogen (secondary N) is 1. The van der Waals surface area contributed by atoms with Gasteiger partial charge in [0.2, 0.25) is 11.0 Å². The van der Waals surface area contributed by atoms with Crippen molar-refractivity contribution in [2.75, 3.05) is 11.9 Å². The first-order chi connectivity index (χ1) is 12.4. The number of thiocarbonyl (C=S) groups is 1. The van der Waals surface area contributed by atoms with Crippen LogP contribution in [0, 0.1) is 13.8 Å². The Labute approximate surface area is 164 Å². The summed E-state index contributed by atoms with van der Waals surface area (Å²) in [7, 11) is 0. The van der Waals surface area contributed by atoms with Crippen LogP contribution in [-0.2, 0) is 9.59 Å². The molecule has 0 spiro atoms. The minimum atomic E-state index is -0.224. The van der Waals surface area contributed by atoms with Gasteiger partial charge in [-0.25, -0.2) is 0 Å². The number of carbonyl (C=O) groups excluding carboxylic acids is 2. The summed E-state index contributed by atoms with van der Waals surface area (Å²) in [4.78, 5) is 26.6. The van der Waals surface area contributed by atoms with Crippen molar-refractivity contribution in [3.05, 3.63) is 45.3 Å². The molecule has 2 amide bonds. The van der Waals surface area contributed by atoms with Gasteiger partial charge in [0.15, 0.2) is 0 Å². The summed E-state index contributed by atoms with van der Waals surface area (Å²) in [5, 5.41) is 11.6. The number of thioether (sulfide) groups is 1. The number of carbonyl (C=O) groups is 2. The van der Waals surface area contributed by atoms with E-state index in [0.29, 0.717) is 14.4 Å². The average molecular weight is 405 g/mol. The number of anilines is 1. The van der Waals surface area contributed by atoms with E-state index in [-0.39, 0.29) is 24.8 Å². The third-order valence-electron chi connectivity index (χ3n) is 3.58. The second-order valence-corrected chi connectivity index (χ2v) is 8.53. The van der Waals surface area contributed by atoms with Gasteiger partial charge >= 0.3 is 0 Å². The van der Waals surface area contributed by atoms with E-state index in [2.05, 4.69) is 15.5 Å². The smallest absolute Gasteiger partial charge is 0.266 e. The first-order valence-corrected chi connectivity index (χ1v) is 9.88. The summed E-state index contributed by atoms with van der Waals surface area (Å²) in [6, 6.07) is 7.90. The quantitative estimate of drug-likeness (QED) is 0.608. The van der Waals surface area contributed by atoms with Gasteiger partial charge in [0.05, 0.1) is 4.91 Å². The van der Waals surface area contributed by atoms with Gasteiger partial charge in [0.25, 0.3) is 5.91 Å². The highest BCUT2D eigenvalue weighted by Crippen LogP contribution is 2.32. The zero-order valence-electron chi connectivity index (χ0n) is 14.2. The summed E-state index contributed by atoms with van der Waals surface area (Å²) in [5.41, 5.74) is 2.10. The van der Waals surface area contributed by atoms with Crippen LogP contribution in [0.25, 0.3) is 6.08 Å². The van der Waals surface area contributed by atoms with E-state index in [9.17, 15) is 9.59 Å². The molecule has 0 atom stereocenters. The van der Waals surface area contributed by atoms with Crippen LogP contribution in [0.5, 0.6) is 0 Å². The van der Waals surface area contributed by atoms with E-state index in [4.69, 9.17) is 12.2 Å². The van der Waals surface area contributed by atoms with E-state index < -0.39 is 0 Å². The zero-order valence-corrected chi connectivity index (χ0v) is 16.6. The highest BCUT2D eigenvalue weighted by molar-refractivity contribution is 8.26. The molecular weight excluding hydrogens is 388 g/mol. The topological polar surface area (TPSA) is 75.2 Å². The van der Waals surface area contributed by atoms with E-state index in [1.807, 2.05) is 44.2 Å². The van der Waals surface area contributed by atoms with Gasteiger partial charge in [0.1, 0.15) is 9.33 Å². The van der Waals surface area contributed by atoms with Crippen LogP contribution in [0.4, 0.5) is 5.13 Å². The Bertz CT molecular complexity index is 890. The van der Waals surface area contributed by atoms with Crippen LogP contribution in [0.1, 0.15) is 22.6 Å². The van der Waals surface area contributed by atoms with Gasteiger partial charge in [-0.05, 0) is 25.5 Å². The second-order valence-electron chi connectivity index (χ2n) is 5.67. The summed E-state index contributed by atoms with van der Waals surface area (Å²) < 4.78 is 0.466. The van der Waals surface area contributed by atoms with Crippen molar-refractivity contribution in [3.63, 3.8) is 0 Å². The van der Waals surface area contributed by atoms with Crippen molar-refractivity contribution < 1.29 is 9.59 Å². The molecule has 26 heavy (non-hydrogen) atoms. The van der Waals surface area contributed by atoms with Crippen molar-refractivity contribution in [3.8, 4) is 0 Å². The van der Waals surface area contributed by atoms with E-state index in [0.717, 1.165) is 16.1 Å². The predicted octanol–water partition coefficient (Wildman–Crippen LogP) is 3.38. The molecule has 1 aromatic carbocycles. The van der Waals surface area contributed by atoms with Gasteiger partial charge in [-0.2, -0.15) is 0 Å². The van der Waals surface area contributed by atoms with Crippen LogP contribution in [0.15, 0.2) is 29.2 Å². The Morgan fingerprint density at radius 2 is 2.00 bits per heavy atom. The molecule has 0 saturated carbocycles. The number of benzene rings is 1. The molecule has 0 aliphatic carbocycles. The average Bonchev–Trinajstić information content (AvgIpc) is 3.11. The van der Waals surface area contributed by atoms with Crippen molar-refractivity contribution in [2.45, 2.75) is 20.3 Å². The number of aryl methyl sites for hydroxylation is 2. The fourth-order valence-electron chi connectivity index (χ4n) is 2.25. The molecule has 9 heteroatoms. The number of aromatic nitrogens is 2. The highest BCUT2D eigenvalue weighted by Gasteiger charge is 2.32. The molecule has 6 nitrogen and oxygen atoms in total. The lowest BCUT2D eigenvalue weighted by atomic mass is 10.1. The summed E-state index contributed by atoms with van der Waals surface area (Å²) in [6.07, 6.45) is 1.96. The first kappa shape index (κ1) is 18.7. The molecule has 0 bridgehead atoms. The van der Waals surface area contributed by atoms with Crippen molar-refractivity contribution in [1.82, 2.24) is 15.1 Å². The fourth-order valence-corrected chi connectivity index (χ4v) is 4.17. The van der Waals surface area contributed by atoms with Gasteiger partial charge in [-0.3, -0.25) is 14.5 Å². The number of rotatable bonds is 5. The Balaban J connectivity index is 1.60. The van der Waals surface area contributed by atoms with Crippen LogP contribution in [0.2, 0.25) is 0 Å². The molecule has 1 aliphatic rings. The Hall–Kier alpha value is -2.10. The summed E-state index contributed by atoms with van der Waals surface area (Å²) in [5.74, 6) is -0.391. The molecule has 1 N–H and O–H groups in total. The molecule has 2 heterocycles. The molecule has 0 unspecified atom stereocenters. The predicted molar refractivity (Wildman–Crippen MR) is 109 cm³/mol. The molecule has 0 radical (unpaired) electrons. The largest absolute Gasteiger partial charge is 0.300 e. The van der Waals surface area contributed by atoms with Crippen LogP contribution < -0.4 is 5.32 Å². The van der Waals surface area contributed by atoms with Crippen molar-refractivity contribution in [2.24, 2.45) is 0 Å². The number of hydrogen-bond acceptors (Lipinski definition) is 7. The number of nitrogens with zero attached hydrogens (tertiary/aromatic N) is 3. The molecule has 1 aliphatic heterocycles. The molecule has 134 valence electrons. The SMILES string of the molecule is Cc1ccc(/C=C2\SC(=S)N(CCC(=O)Nc3nnc(C)s3)C2=O)cc1. The maximum absolute atomic E-state index is 12.6. The van der Waals surface area contributed by atoms with E-state index in [1.54, 1.807) is 0 Å². The third-order valence-corrected chi connectivity index (χ3v) is 5.72. The maximum atomic E-state index is 12.6. The minimum Gasteiger partial charge on any atom is -0.300 e. The Morgan fingerprint density at radius 1 is 1.27 bits per heavy atom. The van der Waals surface area contributed by atoms with Gasteiger partial charge in [-0.1, -0.05) is 65.1 Å². The normalized spacial score (nSPS) is 15.8. The van der Waals surface area contributed by atoms with Crippen LogP contribution in [-0.4, -0.2) is 37.8 Å². The van der Waals surface area contributed by atoms with E-state index in [1.165, 1.54) is 28.0 Å². The number of amides is 2. The molecule has 1 fully saturated rings. The Morgan fingerprint density at radius 3 is 2.65 bits per heavy atom. The zero-order chi connectivity index (χ0) is 18.7. The lowest BCUT2D eigenvalue weighted by Gasteiger charge is -2.13. The monoisotopic (exact) mass is 404 g/mol. The Kier molecular flexibility index (Phi) is 5.80. The van der Waals surface area contributed by atoms with Gasteiger partial charge < -0.3 is 5.32 Å². The highest BCUT2D eigenvalue weighted by atomic mass is 32.2. The lowest BCUT2D eigenvalue weighted by Crippen LogP contribution is -2.31. The second kappa shape index (κ2) is 8.07. The van der Waals surface area contributed by atoms with Gasteiger partial charge in [-0.15, -0.1) is 10.2 Å². The van der Waals surface area contributed by atoms with E-state index >= 15 is 0 Å². The molecular formula is C17H16N4O2S3. The third kappa shape index (κ3) is 4.54. The first-order valence-electron chi connectivity index (χ1n) is 7.84. The molecule has 2 aromatic rings. The van der Waals surface area contributed by atoms with Crippen molar-refractivity contribution in [1.29, 1.82) is 0 Å². The lowest BCUT2D eigenvalue weighted by molar-refractivity contribution is -0.122. The molecule has 1 aromatic heterocycles.